The van der Waals surface area contributed by atoms with E-state index in [0.717, 1.165) is 25.5 Å². The lowest BCUT2D eigenvalue weighted by Crippen LogP contribution is -2.45. The van der Waals surface area contributed by atoms with E-state index in [1.54, 1.807) is 7.05 Å². The maximum Gasteiger partial charge on any atom is 0.191 e. The normalized spacial score (nSPS) is 18.0. The van der Waals surface area contributed by atoms with Crippen LogP contribution in [0.4, 0.5) is 5.69 Å². The van der Waals surface area contributed by atoms with E-state index >= 15 is 0 Å². The van der Waals surface area contributed by atoms with Crippen LogP contribution >= 0.6 is 24.0 Å². The first-order valence-electron chi connectivity index (χ1n) is 8.34. The largest absolute Gasteiger partial charge is 0.369 e. The van der Waals surface area contributed by atoms with Gasteiger partial charge in [0.2, 0.25) is 0 Å². The van der Waals surface area contributed by atoms with Crippen molar-refractivity contribution < 1.29 is 8.42 Å². The van der Waals surface area contributed by atoms with Crippen molar-refractivity contribution in [1.82, 2.24) is 10.6 Å². The third-order valence-corrected chi connectivity index (χ3v) is 5.17. The number of nitrogens with zero attached hydrogens (tertiary/aromatic N) is 2. The minimum atomic E-state index is -2.90. The topological polar surface area (TPSA) is 73.8 Å². The fraction of sp³-hybridized carbons (Fsp3) is 0.588. The van der Waals surface area contributed by atoms with E-state index < -0.39 is 9.84 Å². The monoisotopic (exact) mass is 480 g/mol. The van der Waals surface area contributed by atoms with E-state index in [-0.39, 0.29) is 29.7 Å². The quantitative estimate of drug-likeness (QED) is 0.281. The molecule has 1 heterocycles. The van der Waals surface area contributed by atoms with Gasteiger partial charge in [-0.2, -0.15) is 0 Å². The smallest absolute Gasteiger partial charge is 0.191 e. The molecule has 1 aromatic carbocycles. The summed E-state index contributed by atoms with van der Waals surface area (Å²) in [5, 5.41) is 6.61. The number of aliphatic imine (C=N–C) groups is 1. The number of guanidine groups is 1. The lowest BCUT2D eigenvalue weighted by Gasteiger charge is -2.20. The van der Waals surface area contributed by atoms with Crippen LogP contribution in [0.25, 0.3) is 0 Å². The second-order valence-electron chi connectivity index (χ2n) is 6.39. The van der Waals surface area contributed by atoms with Crippen LogP contribution in [0.1, 0.15) is 18.4 Å². The Morgan fingerprint density at radius 1 is 1.32 bits per heavy atom. The van der Waals surface area contributed by atoms with Crippen LogP contribution in [0.2, 0.25) is 0 Å². The SMILES string of the molecule is CN=C(NCCCS(C)(=O)=O)NC1CCN(c2ccc(C)cc2)C1.I. The van der Waals surface area contributed by atoms with Crippen LogP contribution in [0.3, 0.4) is 0 Å². The molecule has 142 valence electrons. The molecular weight excluding hydrogens is 451 g/mol. The maximum atomic E-state index is 11.1. The predicted octanol–water partition coefficient (Wildman–Crippen LogP) is 1.79. The standard InChI is InChI=1S/C17H28N4O2S.HI/c1-14-5-7-16(8-6-14)21-11-9-15(13-21)20-17(18-2)19-10-4-12-24(3,22)23;/h5-8,15H,4,9-13H2,1-3H3,(H2,18,19,20);1H. The maximum absolute atomic E-state index is 11.1. The Kier molecular flexibility index (Phi) is 8.98. The van der Waals surface area contributed by atoms with Gasteiger partial charge in [0.15, 0.2) is 5.96 Å². The molecule has 1 fully saturated rings. The average Bonchev–Trinajstić information content (AvgIpc) is 2.98. The number of sulfone groups is 1. The first-order chi connectivity index (χ1) is 11.4. The number of hydrogen-bond donors (Lipinski definition) is 2. The van der Waals surface area contributed by atoms with Gasteiger partial charge < -0.3 is 15.5 Å². The van der Waals surface area contributed by atoms with Gasteiger partial charge >= 0.3 is 0 Å². The fourth-order valence-electron chi connectivity index (χ4n) is 2.80. The van der Waals surface area contributed by atoms with Crippen LogP contribution < -0.4 is 15.5 Å². The van der Waals surface area contributed by atoms with Gasteiger partial charge in [-0.05, 0) is 31.9 Å². The van der Waals surface area contributed by atoms with Crippen LogP contribution in [-0.2, 0) is 9.84 Å². The third kappa shape index (κ3) is 7.81. The van der Waals surface area contributed by atoms with Crippen LogP contribution in [0.15, 0.2) is 29.3 Å². The molecule has 1 saturated heterocycles. The highest BCUT2D eigenvalue weighted by molar-refractivity contribution is 14.0. The third-order valence-electron chi connectivity index (χ3n) is 4.14. The fourth-order valence-corrected chi connectivity index (χ4v) is 3.47. The molecule has 8 heteroatoms. The van der Waals surface area contributed by atoms with Crippen molar-refractivity contribution in [2.24, 2.45) is 4.99 Å². The van der Waals surface area contributed by atoms with E-state index in [2.05, 4.69) is 51.7 Å². The van der Waals surface area contributed by atoms with Crippen LogP contribution in [0, 0.1) is 6.92 Å². The summed E-state index contributed by atoms with van der Waals surface area (Å²) >= 11 is 0. The molecule has 6 nitrogen and oxygen atoms in total. The van der Waals surface area contributed by atoms with E-state index in [1.165, 1.54) is 17.5 Å². The van der Waals surface area contributed by atoms with Gasteiger partial charge in [-0.1, -0.05) is 17.7 Å². The Morgan fingerprint density at radius 3 is 2.60 bits per heavy atom. The highest BCUT2D eigenvalue weighted by atomic mass is 127. The number of aryl methyl sites for hydroxylation is 1. The minimum absolute atomic E-state index is 0. The summed E-state index contributed by atoms with van der Waals surface area (Å²) in [6.45, 7) is 4.65. The second kappa shape index (κ2) is 10.2. The second-order valence-corrected chi connectivity index (χ2v) is 8.65. The Morgan fingerprint density at radius 2 is 2.00 bits per heavy atom. The Hall–Kier alpha value is -1.03. The first kappa shape index (κ1) is 22.0. The molecule has 2 N–H and O–H groups in total. The predicted molar refractivity (Wildman–Crippen MR) is 116 cm³/mol. The molecule has 0 radical (unpaired) electrons. The van der Waals surface area contributed by atoms with E-state index in [4.69, 9.17) is 0 Å². The molecule has 1 aliphatic heterocycles. The van der Waals surface area contributed by atoms with Crippen molar-refractivity contribution in [3.8, 4) is 0 Å². The number of nitrogens with one attached hydrogen (secondary N) is 2. The molecule has 0 aromatic heterocycles. The summed E-state index contributed by atoms with van der Waals surface area (Å²) < 4.78 is 22.3. The molecule has 0 aliphatic carbocycles. The molecule has 25 heavy (non-hydrogen) atoms. The zero-order valence-electron chi connectivity index (χ0n) is 15.2. The average molecular weight is 480 g/mol. The van der Waals surface area contributed by atoms with Crippen LogP contribution in [0.5, 0.6) is 0 Å². The van der Waals surface area contributed by atoms with Gasteiger partial charge in [-0.3, -0.25) is 4.99 Å². The highest BCUT2D eigenvalue weighted by Crippen LogP contribution is 2.20. The van der Waals surface area contributed by atoms with Gasteiger partial charge in [-0.15, -0.1) is 24.0 Å². The molecule has 1 unspecified atom stereocenters. The molecule has 0 bridgehead atoms. The van der Waals surface area contributed by atoms with E-state index in [9.17, 15) is 8.42 Å². The summed E-state index contributed by atoms with van der Waals surface area (Å²) in [5.74, 6) is 0.931. The molecule has 1 atom stereocenters. The van der Waals surface area contributed by atoms with Crippen molar-refractivity contribution in [2.45, 2.75) is 25.8 Å². The van der Waals surface area contributed by atoms with Crippen molar-refractivity contribution in [2.75, 3.05) is 43.6 Å². The lowest BCUT2D eigenvalue weighted by atomic mass is 10.2. The molecule has 1 aliphatic rings. The Balaban J connectivity index is 0.00000312. The number of benzene rings is 1. The molecule has 0 saturated carbocycles. The summed E-state index contributed by atoms with van der Waals surface area (Å²) in [6.07, 6.45) is 2.90. The molecule has 1 aromatic rings. The molecular formula is C17H29IN4O2S. The lowest BCUT2D eigenvalue weighted by molar-refractivity contribution is 0.597. The van der Waals surface area contributed by atoms with Gasteiger partial charge in [0.05, 0.1) is 5.75 Å². The van der Waals surface area contributed by atoms with Gasteiger partial charge in [-0.25, -0.2) is 8.42 Å². The Bertz CT molecular complexity index is 662. The summed E-state index contributed by atoms with van der Waals surface area (Å²) in [4.78, 5) is 6.59. The van der Waals surface area contributed by atoms with Crippen molar-refractivity contribution in [3.05, 3.63) is 29.8 Å². The molecule has 0 amide bonds. The van der Waals surface area contributed by atoms with Gasteiger partial charge in [0, 0.05) is 44.7 Å². The number of halogens is 1. The minimum Gasteiger partial charge on any atom is -0.369 e. The highest BCUT2D eigenvalue weighted by Gasteiger charge is 2.23. The summed E-state index contributed by atoms with van der Waals surface area (Å²) in [5.41, 5.74) is 2.52. The Labute approximate surface area is 168 Å². The van der Waals surface area contributed by atoms with Crippen molar-refractivity contribution >= 4 is 45.5 Å². The number of hydrogen-bond acceptors (Lipinski definition) is 4. The van der Waals surface area contributed by atoms with Crippen molar-refractivity contribution in [3.63, 3.8) is 0 Å². The first-order valence-corrected chi connectivity index (χ1v) is 10.4. The summed E-state index contributed by atoms with van der Waals surface area (Å²) in [6, 6.07) is 8.94. The number of rotatable bonds is 6. The van der Waals surface area contributed by atoms with Crippen molar-refractivity contribution in [1.29, 1.82) is 0 Å². The zero-order chi connectivity index (χ0) is 17.6. The van der Waals surface area contributed by atoms with Gasteiger partial charge in [0.1, 0.15) is 9.84 Å². The zero-order valence-corrected chi connectivity index (χ0v) is 18.3. The summed E-state index contributed by atoms with van der Waals surface area (Å²) in [7, 11) is -1.16. The molecule has 2 rings (SSSR count). The number of anilines is 1. The van der Waals surface area contributed by atoms with Crippen LogP contribution in [-0.4, -0.2) is 59.1 Å². The van der Waals surface area contributed by atoms with Gasteiger partial charge in [0.25, 0.3) is 0 Å². The molecule has 0 spiro atoms. The van der Waals surface area contributed by atoms with E-state index in [1.807, 2.05) is 0 Å². The van der Waals surface area contributed by atoms with E-state index in [0.29, 0.717) is 19.0 Å².